The number of quaternary nitrogens is 1. The van der Waals surface area contributed by atoms with Gasteiger partial charge in [0.1, 0.15) is 12.3 Å². The Hall–Kier alpha value is -3.81. The van der Waals surface area contributed by atoms with E-state index in [2.05, 4.69) is 37.6 Å². The maximum Gasteiger partial charge on any atom is 0.251 e. The average Bonchev–Trinajstić information content (AvgIpc) is 3.32. The normalized spacial score (nSPS) is 17.0. The molecule has 1 fully saturated rings. The van der Waals surface area contributed by atoms with E-state index >= 15 is 0 Å². The summed E-state index contributed by atoms with van der Waals surface area (Å²) in [6.45, 7) is 3.34. The molecule has 0 aliphatic carbocycles. The Balaban J connectivity index is 1.15. The number of nitrogens with zero attached hydrogens (tertiary/aromatic N) is 1. The number of hydrogen-bond acceptors (Lipinski definition) is 5. The van der Waals surface area contributed by atoms with Crippen LogP contribution < -0.4 is 19.5 Å². The van der Waals surface area contributed by atoms with E-state index in [1.54, 1.807) is 0 Å². The van der Waals surface area contributed by atoms with Crippen LogP contribution >= 0.6 is 0 Å². The van der Waals surface area contributed by atoms with E-state index in [9.17, 15) is 4.79 Å². The molecule has 1 saturated heterocycles. The van der Waals surface area contributed by atoms with E-state index in [4.69, 9.17) is 18.9 Å². The lowest BCUT2D eigenvalue weighted by atomic mass is 10.0. The number of nitrogens with one attached hydrogen (secondary N) is 1. The monoisotopic (exact) mass is 527 g/mol. The molecule has 202 valence electrons. The first kappa shape index (κ1) is 25.5. The first-order chi connectivity index (χ1) is 18.9. The van der Waals surface area contributed by atoms with Gasteiger partial charge < -0.3 is 28.7 Å². The molecule has 1 N–H and O–H groups in total. The van der Waals surface area contributed by atoms with E-state index < -0.39 is 0 Å². The van der Waals surface area contributed by atoms with Gasteiger partial charge in [-0.15, -0.1) is 0 Å². The van der Waals surface area contributed by atoms with Gasteiger partial charge in [-0.25, -0.2) is 0 Å². The standard InChI is InChI=1S/C32H34N2O5/c1-34(2,28-12-14-36-15-13-28)20-22-3-7-27(8-4-22)33-32(35)25-11-16-37-29-9-5-23(17-26(29)18-25)24-6-10-30-31(19-24)39-21-38-30/h3-10,17-19,28H,11-16,20-21H2,1-2H3/p+1. The molecular weight excluding hydrogens is 492 g/mol. The second-order valence-corrected chi connectivity index (χ2v) is 11.0. The maximum atomic E-state index is 13.3. The highest BCUT2D eigenvalue weighted by molar-refractivity contribution is 6.07. The van der Waals surface area contributed by atoms with Crippen molar-refractivity contribution in [3.05, 3.63) is 77.4 Å². The zero-order valence-corrected chi connectivity index (χ0v) is 22.6. The highest BCUT2D eigenvalue weighted by Gasteiger charge is 2.30. The number of anilines is 1. The van der Waals surface area contributed by atoms with Crippen LogP contribution in [0.3, 0.4) is 0 Å². The minimum Gasteiger partial charge on any atom is -0.493 e. The summed E-state index contributed by atoms with van der Waals surface area (Å²) in [4.78, 5) is 13.3. The number of hydrogen-bond donors (Lipinski definition) is 1. The predicted molar refractivity (Wildman–Crippen MR) is 151 cm³/mol. The topological polar surface area (TPSA) is 66.0 Å². The van der Waals surface area contributed by atoms with Crippen molar-refractivity contribution in [3.63, 3.8) is 0 Å². The van der Waals surface area contributed by atoms with Crippen molar-refractivity contribution < 1.29 is 28.2 Å². The molecule has 1 amide bonds. The van der Waals surface area contributed by atoms with Crippen LogP contribution in [0.5, 0.6) is 17.2 Å². The van der Waals surface area contributed by atoms with Crippen LogP contribution in [-0.4, -0.2) is 57.1 Å². The van der Waals surface area contributed by atoms with Gasteiger partial charge in [0.05, 0.1) is 40.0 Å². The molecule has 3 aromatic carbocycles. The lowest BCUT2D eigenvalue weighted by Crippen LogP contribution is -2.50. The fraction of sp³-hybridized carbons (Fsp3) is 0.344. The van der Waals surface area contributed by atoms with Crippen LogP contribution in [0, 0.1) is 0 Å². The summed E-state index contributed by atoms with van der Waals surface area (Å²) in [5.74, 6) is 2.17. The van der Waals surface area contributed by atoms with Gasteiger partial charge in [0.15, 0.2) is 11.5 Å². The number of fused-ring (bicyclic) bond motifs is 2. The van der Waals surface area contributed by atoms with E-state index in [-0.39, 0.29) is 12.7 Å². The third-order valence-electron chi connectivity index (χ3n) is 7.95. The van der Waals surface area contributed by atoms with Crippen LogP contribution in [0.25, 0.3) is 17.2 Å². The molecule has 7 heteroatoms. The molecule has 0 aromatic heterocycles. The number of carbonyl (C=O) groups is 1. The Bertz CT molecular complexity index is 1390. The molecule has 0 radical (unpaired) electrons. The van der Waals surface area contributed by atoms with Crippen molar-refractivity contribution in [1.82, 2.24) is 0 Å². The Morgan fingerprint density at radius 3 is 2.36 bits per heavy atom. The third kappa shape index (κ3) is 5.65. The minimum atomic E-state index is -0.106. The van der Waals surface area contributed by atoms with Gasteiger partial charge in [-0.1, -0.05) is 24.3 Å². The summed E-state index contributed by atoms with van der Waals surface area (Å²) in [5, 5.41) is 3.08. The molecule has 3 aromatic rings. The number of carbonyl (C=O) groups excluding carboxylic acids is 1. The minimum absolute atomic E-state index is 0.106. The Morgan fingerprint density at radius 2 is 1.56 bits per heavy atom. The first-order valence-electron chi connectivity index (χ1n) is 13.6. The van der Waals surface area contributed by atoms with E-state index in [1.165, 1.54) is 5.56 Å². The van der Waals surface area contributed by atoms with Crippen LogP contribution in [0.4, 0.5) is 5.69 Å². The average molecular weight is 528 g/mol. The maximum absolute atomic E-state index is 13.3. The summed E-state index contributed by atoms with van der Waals surface area (Å²) < 4.78 is 23.4. The summed E-state index contributed by atoms with van der Waals surface area (Å²) in [6, 6.07) is 20.8. The van der Waals surface area contributed by atoms with E-state index in [1.807, 2.05) is 48.5 Å². The summed E-state index contributed by atoms with van der Waals surface area (Å²) in [5.41, 5.74) is 5.67. The molecule has 7 nitrogen and oxygen atoms in total. The highest BCUT2D eigenvalue weighted by atomic mass is 16.7. The van der Waals surface area contributed by atoms with Crippen molar-refractivity contribution in [2.45, 2.75) is 31.8 Å². The van der Waals surface area contributed by atoms with Gasteiger partial charge in [-0.05, 0) is 53.6 Å². The van der Waals surface area contributed by atoms with Crippen LogP contribution in [0.1, 0.15) is 30.4 Å². The van der Waals surface area contributed by atoms with Gasteiger partial charge in [-0.2, -0.15) is 0 Å². The van der Waals surface area contributed by atoms with E-state index in [0.29, 0.717) is 24.6 Å². The van der Waals surface area contributed by atoms with Gasteiger partial charge >= 0.3 is 0 Å². The fourth-order valence-electron chi connectivity index (χ4n) is 5.65. The van der Waals surface area contributed by atoms with Gasteiger partial charge in [0.2, 0.25) is 6.79 Å². The summed E-state index contributed by atoms with van der Waals surface area (Å²) >= 11 is 0. The lowest BCUT2D eigenvalue weighted by molar-refractivity contribution is -0.929. The zero-order chi connectivity index (χ0) is 26.8. The highest BCUT2D eigenvalue weighted by Crippen LogP contribution is 2.38. The van der Waals surface area contributed by atoms with Crippen molar-refractivity contribution in [1.29, 1.82) is 0 Å². The van der Waals surface area contributed by atoms with Crippen LogP contribution in [-0.2, 0) is 16.1 Å². The molecule has 0 atom stereocenters. The van der Waals surface area contributed by atoms with Crippen LogP contribution in [0.2, 0.25) is 0 Å². The lowest BCUT2D eigenvalue weighted by Gasteiger charge is -2.40. The molecule has 0 saturated carbocycles. The quantitative estimate of drug-likeness (QED) is 0.420. The number of benzene rings is 3. The first-order valence-corrected chi connectivity index (χ1v) is 13.6. The van der Waals surface area contributed by atoms with Crippen molar-refractivity contribution in [2.24, 2.45) is 0 Å². The predicted octanol–water partition coefficient (Wildman–Crippen LogP) is 5.64. The Kier molecular flexibility index (Phi) is 7.02. The Morgan fingerprint density at radius 1 is 0.846 bits per heavy atom. The molecular formula is C32H35N2O5+. The molecule has 3 aliphatic rings. The summed E-state index contributed by atoms with van der Waals surface area (Å²) in [6.07, 6.45) is 4.67. The second-order valence-electron chi connectivity index (χ2n) is 11.0. The fourth-order valence-corrected chi connectivity index (χ4v) is 5.65. The smallest absolute Gasteiger partial charge is 0.251 e. The number of ether oxygens (including phenoxy) is 4. The molecule has 0 spiro atoms. The number of amides is 1. The van der Waals surface area contributed by atoms with Gasteiger partial charge in [0.25, 0.3) is 5.91 Å². The van der Waals surface area contributed by atoms with Crippen molar-refractivity contribution >= 4 is 17.7 Å². The zero-order valence-electron chi connectivity index (χ0n) is 22.6. The SMILES string of the molecule is C[N+](C)(Cc1ccc(NC(=O)C2=Cc3cc(-c4ccc5c(c4)OCO5)ccc3OCC2)cc1)C1CCOCC1. The molecule has 39 heavy (non-hydrogen) atoms. The molecule has 0 bridgehead atoms. The van der Waals surface area contributed by atoms with Crippen molar-refractivity contribution in [2.75, 3.05) is 46.0 Å². The largest absolute Gasteiger partial charge is 0.493 e. The number of rotatable bonds is 6. The molecule has 0 unspecified atom stereocenters. The van der Waals surface area contributed by atoms with Crippen LogP contribution in [0.15, 0.2) is 66.2 Å². The Labute approximate surface area is 229 Å². The van der Waals surface area contributed by atoms with Gasteiger partial charge in [0, 0.05) is 41.6 Å². The van der Waals surface area contributed by atoms with Crippen molar-refractivity contribution in [3.8, 4) is 28.4 Å². The third-order valence-corrected chi connectivity index (χ3v) is 7.95. The molecule has 6 rings (SSSR count). The van der Waals surface area contributed by atoms with E-state index in [0.717, 1.165) is 76.7 Å². The van der Waals surface area contributed by atoms with Gasteiger partial charge in [-0.3, -0.25) is 4.79 Å². The second kappa shape index (κ2) is 10.8. The summed E-state index contributed by atoms with van der Waals surface area (Å²) in [7, 11) is 4.59. The molecule has 3 aliphatic heterocycles. The molecule has 3 heterocycles.